The van der Waals surface area contributed by atoms with E-state index in [1.54, 1.807) is 18.2 Å². The number of nitrogens with zero attached hydrogens (tertiary/aromatic N) is 1. The minimum atomic E-state index is -0.230. The number of esters is 2. The maximum atomic E-state index is 14.4. The fourth-order valence-corrected chi connectivity index (χ4v) is 9.32. The van der Waals surface area contributed by atoms with Crippen molar-refractivity contribution in [1.82, 2.24) is 4.90 Å². The number of ether oxygens (including phenoxy) is 3. The van der Waals surface area contributed by atoms with Gasteiger partial charge >= 0.3 is 11.9 Å². The fourth-order valence-electron chi connectivity index (χ4n) is 8.09. The first-order chi connectivity index (χ1) is 29.4. The minimum absolute atomic E-state index is 0.0947. The maximum absolute atomic E-state index is 14.4. The van der Waals surface area contributed by atoms with Crippen molar-refractivity contribution in [3.8, 4) is 27.7 Å². The van der Waals surface area contributed by atoms with Crippen LogP contribution in [0, 0.1) is 0 Å². The monoisotopic (exact) mass is 838 g/mol. The molecule has 1 aliphatic rings. The summed E-state index contributed by atoms with van der Waals surface area (Å²) < 4.78 is 18.4. The normalized spacial score (nSPS) is 13.1. The SMILES string of the molecule is CCCCCCCCCCCC(=O)Oc1ccc(-c2sc3cc(OC(=O)CCCCCCCCCCC)ccc3c2C(=O)c2ccc(OCCN3CCCCC3)cc2)cc1. The minimum Gasteiger partial charge on any atom is -0.492 e. The van der Waals surface area contributed by atoms with E-state index in [4.69, 9.17) is 14.2 Å². The molecule has 0 saturated carbocycles. The first kappa shape index (κ1) is 47.0. The van der Waals surface area contributed by atoms with Crippen molar-refractivity contribution in [2.45, 2.75) is 162 Å². The standard InChI is InChI=1S/C52H71NO6S/c1-3-5-7-9-11-13-15-17-20-24-48(54)58-44-32-28-42(29-33-44)52-50(51(56)41-26-30-43(31-27-41)57-39-38-53-36-22-19-23-37-53)46-35-34-45(40-47(46)60-52)59-49(55)25-21-18-16-14-12-10-8-6-4-2/h26-35,40H,3-25,36-39H2,1-2H3. The lowest BCUT2D eigenvalue weighted by atomic mass is 9.97. The molecule has 1 saturated heterocycles. The number of rotatable bonds is 29. The van der Waals surface area contributed by atoms with Crippen molar-refractivity contribution in [3.05, 3.63) is 77.9 Å². The van der Waals surface area contributed by atoms with Crippen molar-refractivity contribution in [2.24, 2.45) is 0 Å². The highest BCUT2D eigenvalue weighted by molar-refractivity contribution is 7.22. The van der Waals surface area contributed by atoms with Gasteiger partial charge in [0, 0.05) is 45.5 Å². The van der Waals surface area contributed by atoms with Gasteiger partial charge in [0.15, 0.2) is 5.78 Å². The van der Waals surface area contributed by atoms with E-state index in [0.29, 0.717) is 42.1 Å². The van der Waals surface area contributed by atoms with Gasteiger partial charge in [-0.2, -0.15) is 0 Å². The first-order valence-electron chi connectivity index (χ1n) is 23.5. The number of piperidine rings is 1. The largest absolute Gasteiger partial charge is 0.492 e. The van der Waals surface area contributed by atoms with Crippen LogP contribution in [0.3, 0.4) is 0 Å². The molecule has 0 radical (unpaired) electrons. The predicted octanol–water partition coefficient (Wildman–Crippen LogP) is 14.3. The van der Waals surface area contributed by atoms with E-state index < -0.39 is 0 Å². The van der Waals surface area contributed by atoms with E-state index in [1.165, 1.54) is 108 Å². The van der Waals surface area contributed by atoms with Crippen LogP contribution in [-0.4, -0.2) is 48.9 Å². The molecule has 2 heterocycles. The Hall–Kier alpha value is -4.01. The molecular weight excluding hydrogens is 767 g/mol. The van der Waals surface area contributed by atoms with Gasteiger partial charge in [0.25, 0.3) is 0 Å². The van der Waals surface area contributed by atoms with Crippen molar-refractivity contribution in [3.63, 3.8) is 0 Å². The van der Waals surface area contributed by atoms with Crippen molar-refractivity contribution in [2.75, 3.05) is 26.2 Å². The van der Waals surface area contributed by atoms with E-state index in [0.717, 1.165) is 84.4 Å². The van der Waals surface area contributed by atoms with Gasteiger partial charge in [0.2, 0.25) is 0 Å². The molecule has 0 amide bonds. The molecule has 5 rings (SSSR count). The summed E-state index contributed by atoms with van der Waals surface area (Å²) in [5.41, 5.74) is 2.01. The Bertz CT molecular complexity index is 1860. The summed E-state index contributed by atoms with van der Waals surface area (Å²) in [7, 11) is 0. The quantitative estimate of drug-likeness (QED) is 0.0233. The number of unbranched alkanes of at least 4 members (excludes halogenated alkanes) is 16. The van der Waals surface area contributed by atoms with Crippen LogP contribution in [0.25, 0.3) is 20.5 Å². The molecule has 3 aromatic carbocycles. The molecule has 0 bridgehead atoms. The zero-order chi connectivity index (χ0) is 42.2. The van der Waals surface area contributed by atoms with Gasteiger partial charge in [-0.05, 0) is 111 Å². The Kier molecular flexibility index (Phi) is 21.2. The zero-order valence-corrected chi connectivity index (χ0v) is 37.6. The number of benzene rings is 3. The van der Waals surface area contributed by atoms with E-state index in [9.17, 15) is 14.4 Å². The number of carbonyl (C=O) groups is 3. The van der Waals surface area contributed by atoms with E-state index in [-0.39, 0.29) is 17.7 Å². The molecule has 1 fully saturated rings. The van der Waals surface area contributed by atoms with E-state index in [1.807, 2.05) is 48.5 Å². The number of thiophene rings is 1. The molecule has 0 atom stereocenters. The Balaban J connectivity index is 1.22. The average Bonchev–Trinajstić information content (AvgIpc) is 3.64. The topological polar surface area (TPSA) is 82.1 Å². The van der Waals surface area contributed by atoms with Crippen LogP contribution in [0.15, 0.2) is 66.7 Å². The maximum Gasteiger partial charge on any atom is 0.311 e. The third kappa shape index (κ3) is 16.1. The van der Waals surface area contributed by atoms with Gasteiger partial charge in [-0.3, -0.25) is 19.3 Å². The molecule has 0 unspecified atom stereocenters. The molecule has 1 aliphatic heterocycles. The summed E-state index contributed by atoms with van der Waals surface area (Å²) in [6, 6.07) is 20.4. The van der Waals surface area contributed by atoms with Gasteiger partial charge in [-0.1, -0.05) is 123 Å². The lowest BCUT2D eigenvalue weighted by molar-refractivity contribution is -0.135. The molecule has 4 aromatic rings. The molecule has 0 spiro atoms. The van der Waals surface area contributed by atoms with Gasteiger partial charge in [-0.25, -0.2) is 0 Å². The Morgan fingerprint density at radius 1 is 0.567 bits per heavy atom. The van der Waals surface area contributed by atoms with Crippen LogP contribution >= 0.6 is 11.3 Å². The summed E-state index contributed by atoms with van der Waals surface area (Å²) >= 11 is 1.50. The Labute approximate surface area is 364 Å². The smallest absolute Gasteiger partial charge is 0.311 e. The summed E-state index contributed by atoms with van der Waals surface area (Å²) in [5, 5.41) is 0.803. The highest BCUT2D eigenvalue weighted by Crippen LogP contribution is 2.42. The fraction of sp³-hybridized carbons (Fsp3) is 0.558. The molecule has 0 N–H and O–H groups in total. The molecule has 1 aromatic heterocycles. The second kappa shape index (κ2) is 27.0. The van der Waals surface area contributed by atoms with Crippen LogP contribution in [-0.2, 0) is 9.59 Å². The highest BCUT2D eigenvalue weighted by Gasteiger charge is 2.23. The molecule has 0 aliphatic carbocycles. The predicted molar refractivity (Wildman–Crippen MR) is 248 cm³/mol. The lowest BCUT2D eigenvalue weighted by Gasteiger charge is -2.26. The third-order valence-corrected chi connectivity index (χ3v) is 12.9. The summed E-state index contributed by atoms with van der Waals surface area (Å²) in [5.74, 6) is 1.17. The summed E-state index contributed by atoms with van der Waals surface area (Å²) in [6.07, 6.45) is 26.1. The Morgan fingerprint density at radius 2 is 1.07 bits per heavy atom. The van der Waals surface area contributed by atoms with Crippen LogP contribution in [0.1, 0.15) is 177 Å². The average molecular weight is 838 g/mol. The van der Waals surface area contributed by atoms with Crippen LogP contribution in [0.4, 0.5) is 0 Å². The first-order valence-corrected chi connectivity index (χ1v) is 24.3. The second-order valence-corrected chi connectivity index (χ2v) is 17.7. The van der Waals surface area contributed by atoms with Crippen molar-refractivity contribution in [1.29, 1.82) is 0 Å². The van der Waals surface area contributed by atoms with Crippen LogP contribution in [0.2, 0.25) is 0 Å². The van der Waals surface area contributed by atoms with E-state index in [2.05, 4.69) is 18.7 Å². The van der Waals surface area contributed by atoms with Crippen LogP contribution in [0.5, 0.6) is 17.2 Å². The van der Waals surface area contributed by atoms with Crippen LogP contribution < -0.4 is 14.2 Å². The summed E-state index contributed by atoms with van der Waals surface area (Å²) in [4.78, 5) is 43.2. The number of likely N-dealkylation sites (tertiary alicyclic amines) is 1. The van der Waals surface area contributed by atoms with Gasteiger partial charge in [0.1, 0.15) is 23.9 Å². The van der Waals surface area contributed by atoms with E-state index >= 15 is 0 Å². The van der Waals surface area contributed by atoms with Gasteiger partial charge in [-0.15, -0.1) is 11.3 Å². The molecule has 8 heteroatoms. The van der Waals surface area contributed by atoms with Crippen molar-refractivity contribution < 1.29 is 28.6 Å². The van der Waals surface area contributed by atoms with Gasteiger partial charge in [0.05, 0.1) is 0 Å². The summed E-state index contributed by atoms with van der Waals surface area (Å²) in [6.45, 7) is 8.25. The lowest BCUT2D eigenvalue weighted by Crippen LogP contribution is -2.33. The molecular formula is C52H71NO6S. The number of carbonyl (C=O) groups excluding carboxylic acids is 3. The number of hydrogen-bond acceptors (Lipinski definition) is 8. The third-order valence-electron chi connectivity index (χ3n) is 11.7. The zero-order valence-electron chi connectivity index (χ0n) is 36.7. The number of fused-ring (bicyclic) bond motifs is 1. The Morgan fingerprint density at radius 3 is 1.63 bits per heavy atom. The molecule has 7 nitrogen and oxygen atoms in total. The van der Waals surface area contributed by atoms with Gasteiger partial charge < -0.3 is 14.2 Å². The second-order valence-electron chi connectivity index (χ2n) is 16.7. The van der Waals surface area contributed by atoms with Crippen molar-refractivity contribution >= 4 is 39.1 Å². The molecule has 326 valence electrons. The number of ketones is 1. The molecule has 60 heavy (non-hydrogen) atoms. The highest BCUT2D eigenvalue weighted by atomic mass is 32.1. The number of hydrogen-bond donors (Lipinski definition) is 0.